The number of hydrogen-bond acceptors (Lipinski definition) is 5. The van der Waals surface area contributed by atoms with Crippen molar-refractivity contribution < 1.29 is 4.79 Å². The Balaban J connectivity index is 0.00000261. The van der Waals surface area contributed by atoms with Crippen molar-refractivity contribution in [2.45, 2.75) is 19.0 Å². The summed E-state index contributed by atoms with van der Waals surface area (Å²) in [6, 6.07) is 13.5. The zero-order valence-corrected chi connectivity index (χ0v) is 18.9. The van der Waals surface area contributed by atoms with Gasteiger partial charge < -0.3 is 20.9 Å². The average molecular weight is 463 g/mol. The van der Waals surface area contributed by atoms with Gasteiger partial charge in [-0.2, -0.15) is 0 Å². The number of anilines is 1. The molecule has 0 spiro atoms. The van der Waals surface area contributed by atoms with Crippen molar-refractivity contribution in [3.8, 4) is 0 Å². The topological polar surface area (TPSA) is 74.5 Å². The smallest absolute Gasteiger partial charge is 0.222 e. The number of hydrogen-bond donors (Lipinski definition) is 2. The molecule has 6 nitrogen and oxygen atoms in total. The third-order valence-electron chi connectivity index (χ3n) is 4.76. The normalized spacial score (nSPS) is 14.6. The first-order valence-electron chi connectivity index (χ1n) is 9.07. The van der Waals surface area contributed by atoms with Crippen LogP contribution in [0.4, 0.5) is 5.82 Å². The Morgan fingerprint density at radius 3 is 2.31 bits per heavy atom. The van der Waals surface area contributed by atoms with Gasteiger partial charge in [0.2, 0.25) is 5.91 Å². The van der Waals surface area contributed by atoms with Gasteiger partial charge in [0.1, 0.15) is 5.82 Å². The van der Waals surface area contributed by atoms with Crippen molar-refractivity contribution in [1.29, 1.82) is 0 Å². The van der Waals surface area contributed by atoms with E-state index in [1.807, 2.05) is 48.7 Å². The average Bonchev–Trinajstić information content (AvgIpc) is 2.68. The molecule has 1 aromatic heterocycles. The van der Waals surface area contributed by atoms with E-state index in [1.54, 1.807) is 0 Å². The molecule has 1 amide bonds. The Kier molecular flexibility index (Phi) is 12.9. The number of nitrogens with zero attached hydrogens (tertiary/aromatic N) is 3. The van der Waals surface area contributed by atoms with Crippen molar-refractivity contribution in [3.05, 3.63) is 59.8 Å². The zero-order chi connectivity index (χ0) is 18.4. The van der Waals surface area contributed by atoms with Crippen molar-refractivity contribution in [2.75, 3.05) is 38.1 Å². The van der Waals surface area contributed by atoms with Crippen LogP contribution in [0.5, 0.6) is 0 Å². The lowest BCUT2D eigenvalue weighted by atomic mass is 10.0. The van der Waals surface area contributed by atoms with E-state index in [1.165, 1.54) is 0 Å². The van der Waals surface area contributed by atoms with Gasteiger partial charge in [-0.1, -0.05) is 36.4 Å². The minimum absolute atomic E-state index is 0. The van der Waals surface area contributed by atoms with Gasteiger partial charge in [0.15, 0.2) is 0 Å². The van der Waals surface area contributed by atoms with E-state index in [0.29, 0.717) is 6.54 Å². The molecule has 2 heterocycles. The minimum atomic E-state index is -0.283. The Labute approximate surface area is 191 Å². The van der Waals surface area contributed by atoms with Crippen LogP contribution in [0.1, 0.15) is 23.6 Å². The molecule has 9 heteroatoms. The first kappa shape index (κ1) is 27.4. The van der Waals surface area contributed by atoms with Crippen molar-refractivity contribution in [2.24, 2.45) is 5.73 Å². The summed E-state index contributed by atoms with van der Waals surface area (Å²) >= 11 is 0. The Bertz CT molecular complexity index is 710. The summed E-state index contributed by atoms with van der Waals surface area (Å²) in [5.41, 5.74) is 8.06. The molecule has 1 atom stereocenters. The monoisotopic (exact) mass is 461 g/mol. The maximum atomic E-state index is 12.1. The molecule has 1 unspecified atom stereocenters. The van der Waals surface area contributed by atoms with Gasteiger partial charge in [-0.05, 0) is 24.2 Å². The number of rotatable bonds is 6. The van der Waals surface area contributed by atoms with Crippen LogP contribution in [0.25, 0.3) is 0 Å². The number of benzene rings is 1. The number of carbonyl (C=O) groups is 1. The van der Waals surface area contributed by atoms with Crippen LogP contribution in [0, 0.1) is 0 Å². The van der Waals surface area contributed by atoms with Crippen LogP contribution in [-0.2, 0) is 11.3 Å². The second kappa shape index (κ2) is 13.6. The molecule has 29 heavy (non-hydrogen) atoms. The van der Waals surface area contributed by atoms with Gasteiger partial charge in [0, 0.05) is 51.4 Å². The van der Waals surface area contributed by atoms with Gasteiger partial charge in [0.25, 0.3) is 0 Å². The molecule has 1 aliphatic heterocycles. The van der Waals surface area contributed by atoms with E-state index in [-0.39, 0.29) is 55.6 Å². The lowest BCUT2D eigenvalue weighted by molar-refractivity contribution is -0.121. The van der Waals surface area contributed by atoms with Crippen molar-refractivity contribution >= 4 is 48.9 Å². The van der Waals surface area contributed by atoms with Gasteiger partial charge in [0.05, 0.1) is 0 Å². The van der Waals surface area contributed by atoms with Crippen LogP contribution in [0.15, 0.2) is 48.7 Å². The summed E-state index contributed by atoms with van der Waals surface area (Å²) in [4.78, 5) is 21.3. The molecule has 3 N–H and O–H groups in total. The molecule has 2 aromatic rings. The molecule has 0 bridgehead atoms. The van der Waals surface area contributed by atoms with Gasteiger partial charge >= 0.3 is 0 Å². The van der Waals surface area contributed by atoms with Crippen LogP contribution in [0.2, 0.25) is 0 Å². The number of nitrogens with one attached hydrogen (secondary N) is 1. The fraction of sp³-hybridized carbons (Fsp3) is 0.400. The highest BCUT2D eigenvalue weighted by Crippen LogP contribution is 2.15. The highest BCUT2D eigenvalue weighted by molar-refractivity contribution is 5.86. The van der Waals surface area contributed by atoms with Crippen LogP contribution >= 0.6 is 37.2 Å². The number of aromatic nitrogens is 1. The molecular formula is C20H30Cl3N5O. The van der Waals surface area contributed by atoms with Gasteiger partial charge in [-0.25, -0.2) is 4.98 Å². The lowest BCUT2D eigenvalue weighted by Crippen LogP contribution is -2.44. The zero-order valence-electron chi connectivity index (χ0n) is 16.5. The van der Waals surface area contributed by atoms with Crippen molar-refractivity contribution in [1.82, 2.24) is 15.2 Å². The maximum absolute atomic E-state index is 12.1. The third kappa shape index (κ3) is 8.36. The fourth-order valence-corrected chi connectivity index (χ4v) is 3.03. The Morgan fingerprint density at radius 1 is 1.07 bits per heavy atom. The number of halogens is 3. The van der Waals surface area contributed by atoms with E-state index in [4.69, 9.17) is 5.73 Å². The van der Waals surface area contributed by atoms with E-state index in [2.05, 4.69) is 27.1 Å². The summed E-state index contributed by atoms with van der Waals surface area (Å²) in [5.74, 6) is 0.948. The molecule has 1 fully saturated rings. The molecule has 1 aliphatic rings. The minimum Gasteiger partial charge on any atom is -0.354 e. The first-order valence-corrected chi connectivity index (χ1v) is 9.07. The number of carbonyl (C=O) groups excluding carboxylic acids is 1. The molecule has 162 valence electrons. The Morgan fingerprint density at radius 2 is 1.72 bits per heavy atom. The number of nitrogens with two attached hydrogens (primary N) is 1. The Hall–Kier alpha value is -1.57. The molecule has 0 radical (unpaired) electrons. The van der Waals surface area contributed by atoms with Crippen LogP contribution in [0.3, 0.4) is 0 Å². The van der Waals surface area contributed by atoms with Gasteiger partial charge in [-0.3, -0.25) is 4.79 Å². The molecule has 3 rings (SSSR count). The van der Waals surface area contributed by atoms with E-state index in [0.717, 1.165) is 43.1 Å². The largest absolute Gasteiger partial charge is 0.354 e. The predicted octanol–water partition coefficient (Wildman–Crippen LogP) is 2.81. The van der Waals surface area contributed by atoms with Crippen LogP contribution < -0.4 is 16.0 Å². The van der Waals surface area contributed by atoms with E-state index < -0.39 is 0 Å². The summed E-state index contributed by atoms with van der Waals surface area (Å²) in [6.45, 7) is 4.58. The molecule has 0 saturated carbocycles. The van der Waals surface area contributed by atoms with Crippen molar-refractivity contribution in [3.63, 3.8) is 0 Å². The number of likely N-dealkylation sites (N-methyl/N-ethyl adjacent to an activating group) is 1. The summed E-state index contributed by atoms with van der Waals surface area (Å²) in [7, 11) is 2.14. The molecule has 1 saturated heterocycles. The first-order chi connectivity index (χ1) is 12.6. The number of pyridine rings is 1. The third-order valence-corrected chi connectivity index (χ3v) is 4.76. The SMILES string of the molecule is CN1CCN(c2ccc(CNC(=O)CC(N)c3ccccc3)cn2)CC1.Cl.Cl.Cl. The summed E-state index contributed by atoms with van der Waals surface area (Å²) < 4.78 is 0. The second-order valence-corrected chi connectivity index (χ2v) is 6.81. The van der Waals surface area contributed by atoms with Gasteiger partial charge in [-0.15, -0.1) is 37.2 Å². The number of amides is 1. The highest BCUT2D eigenvalue weighted by Gasteiger charge is 2.15. The summed E-state index contributed by atoms with van der Waals surface area (Å²) in [5, 5.41) is 2.93. The standard InChI is InChI=1S/C20H27N5O.3ClH/c1-24-9-11-25(12-10-24)19-8-7-16(14-22-19)15-23-20(26)13-18(21)17-5-3-2-4-6-17;;;/h2-8,14,18H,9-13,15,21H2,1H3,(H,23,26);3*1H. The molecule has 0 aliphatic carbocycles. The number of piperazine rings is 1. The van der Waals surface area contributed by atoms with E-state index >= 15 is 0 Å². The molecular weight excluding hydrogens is 433 g/mol. The second-order valence-electron chi connectivity index (χ2n) is 6.81. The quantitative estimate of drug-likeness (QED) is 0.690. The molecule has 1 aromatic carbocycles. The van der Waals surface area contributed by atoms with Crippen LogP contribution in [-0.4, -0.2) is 49.0 Å². The maximum Gasteiger partial charge on any atom is 0.222 e. The lowest BCUT2D eigenvalue weighted by Gasteiger charge is -2.33. The predicted molar refractivity (Wildman–Crippen MR) is 126 cm³/mol. The highest BCUT2D eigenvalue weighted by atomic mass is 35.5. The fourth-order valence-electron chi connectivity index (χ4n) is 3.03. The van der Waals surface area contributed by atoms with E-state index in [9.17, 15) is 4.79 Å². The summed E-state index contributed by atoms with van der Waals surface area (Å²) in [6.07, 6.45) is 2.11.